The minimum Gasteiger partial charge on any atom is -0.448 e. The van der Waals surface area contributed by atoms with Gasteiger partial charge < -0.3 is 10.2 Å². The molecular weight excluding hydrogens is 238 g/mol. The van der Waals surface area contributed by atoms with Crippen molar-refractivity contribution in [3.63, 3.8) is 0 Å². The SMILES string of the molecule is C/C(=N/NC(N)=O)c1ccc(Br)o1. The summed E-state index contributed by atoms with van der Waals surface area (Å²) in [5.41, 5.74) is 7.48. The molecule has 13 heavy (non-hydrogen) atoms. The van der Waals surface area contributed by atoms with Crippen LogP contribution in [0.25, 0.3) is 0 Å². The van der Waals surface area contributed by atoms with Gasteiger partial charge in [0, 0.05) is 0 Å². The maximum Gasteiger partial charge on any atom is 0.332 e. The molecule has 6 heteroatoms. The zero-order valence-corrected chi connectivity index (χ0v) is 8.46. The second-order valence-corrected chi connectivity index (χ2v) is 3.06. The molecule has 0 spiro atoms. The Morgan fingerprint density at radius 2 is 2.38 bits per heavy atom. The van der Waals surface area contributed by atoms with Crippen molar-refractivity contribution < 1.29 is 9.21 Å². The molecule has 0 atom stereocenters. The monoisotopic (exact) mass is 245 g/mol. The van der Waals surface area contributed by atoms with Crippen molar-refractivity contribution >= 4 is 27.7 Å². The van der Waals surface area contributed by atoms with Gasteiger partial charge in [0.1, 0.15) is 5.71 Å². The van der Waals surface area contributed by atoms with E-state index in [0.29, 0.717) is 16.1 Å². The van der Waals surface area contributed by atoms with Crippen LogP contribution in [0.5, 0.6) is 0 Å². The lowest BCUT2D eigenvalue weighted by Gasteiger charge is -1.95. The van der Waals surface area contributed by atoms with Crippen LogP contribution in [-0.2, 0) is 0 Å². The number of hydrazone groups is 1. The van der Waals surface area contributed by atoms with E-state index in [4.69, 9.17) is 10.2 Å². The van der Waals surface area contributed by atoms with Gasteiger partial charge in [0.15, 0.2) is 10.4 Å². The smallest absolute Gasteiger partial charge is 0.332 e. The topological polar surface area (TPSA) is 80.6 Å². The lowest BCUT2D eigenvalue weighted by molar-refractivity contribution is 0.249. The molecule has 0 aromatic carbocycles. The number of halogens is 1. The van der Waals surface area contributed by atoms with E-state index in [1.165, 1.54) is 0 Å². The number of carbonyl (C=O) groups excluding carboxylic acids is 1. The third-order valence-electron chi connectivity index (χ3n) is 1.26. The Kier molecular flexibility index (Phi) is 3.07. The van der Waals surface area contributed by atoms with E-state index < -0.39 is 6.03 Å². The molecule has 0 fully saturated rings. The molecule has 0 unspecified atom stereocenters. The highest BCUT2D eigenvalue weighted by Gasteiger charge is 2.02. The summed E-state index contributed by atoms with van der Waals surface area (Å²) < 4.78 is 5.78. The van der Waals surface area contributed by atoms with Crippen LogP contribution in [0.3, 0.4) is 0 Å². The van der Waals surface area contributed by atoms with Crippen molar-refractivity contribution in [2.75, 3.05) is 0 Å². The molecule has 1 aromatic heterocycles. The van der Waals surface area contributed by atoms with Gasteiger partial charge >= 0.3 is 6.03 Å². The Morgan fingerprint density at radius 3 is 2.85 bits per heavy atom. The van der Waals surface area contributed by atoms with Crippen molar-refractivity contribution in [2.24, 2.45) is 10.8 Å². The average Bonchev–Trinajstić information content (AvgIpc) is 2.47. The first-order valence-electron chi connectivity index (χ1n) is 3.45. The Bertz CT molecular complexity index is 345. The summed E-state index contributed by atoms with van der Waals surface area (Å²) in [5, 5.41) is 3.68. The maximum atomic E-state index is 10.3. The molecule has 2 amide bonds. The summed E-state index contributed by atoms with van der Waals surface area (Å²) in [4.78, 5) is 10.3. The van der Waals surface area contributed by atoms with E-state index in [1.54, 1.807) is 19.1 Å². The highest BCUT2D eigenvalue weighted by Crippen LogP contribution is 2.14. The number of nitrogens with one attached hydrogen (secondary N) is 1. The summed E-state index contributed by atoms with van der Waals surface area (Å²) in [5.74, 6) is 0.570. The second-order valence-electron chi connectivity index (χ2n) is 2.28. The van der Waals surface area contributed by atoms with Crippen LogP contribution < -0.4 is 11.2 Å². The first-order valence-corrected chi connectivity index (χ1v) is 4.24. The molecule has 5 nitrogen and oxygen atoms in total. The van der Waals surface area contributed by atoms with Crippen LogP contribution in [0.2, 0.25) is 0 Å². The molecule has 1 heterocycles. The van der Waals surface area contributed by atoms with Crippen molar-refractivity contribution in [1.29, 1.82) is 0 Å². The highest BCUT2D eigenvalue weighted by atomic mass is 79.9. The predicted molar refractivity (Wildman–Crippen MR) is 51.3 cm³/mol. The molecule has 0 aliphatic rings. The van der Waals surface area contributed by atoms with E-state index in [2.05, 4.69) is 26.5 Å². The molecule has 1 aromatic rings. The molecule has 1 rings (SSSR count). The number of hydrogen-bond acceptors (Lipinski definition) is 3. The number of rotatable bonds is 2. The van der Waals surface area contributed by atoms with Gasteiger partial charge in [-0.1, -0.05) is 0 Å². The Morgan fingerprint density at radius 1 is 1.69 bits per heavy atom. The second kappa shape index (κ2) is 4.08. The number of primary amides is 1. The van der Waals surface area contributed by atoms with E-state index in [1.807, 2.05) is 0 Å². The highest BCUT2D eigenvalue weighted by molar-refractivity contribution is 9.10. The Balaban J connectivity index is 2.72. The summed E-state index contributed by atoms with van der Waals surface area (Å²) in [6, 6.07) is 2.76. The summed E-state index contributed by atoms with van der Waals surface area (Å²) in [7, 11) is 0. The van der Waals surface area contributed by atoms with Crippen LogP contribution in [0.15, 0.2) is 26.3 Å². The van der Waals surface area contributed by atoms with Crippen molar-refractivity contribution in [3.05, 3.63) is 22.6 Å². The third-order valence-corrected chi connectivity index (χ3v) is 1.69. The molecule has 0 radical (unpaired) electrons. The fourth-order valence-electron chi connectivity index (χ4n) is 0.703. The maximum absolute atomic E-state index is 10.3. The minimum atomic E-state index is -0.704. The average molecular weight is 246 g/mol. The zero-order chi connectivity index (χ0) is 9.84. The number of furan rings is 1. The molecule has 0 aliphatic heterocycles. The van der Waals surface area contributed by atoms with E-state index in [-0.39, 0.29) is 0 Å². The largest absolute Gasteiger partial charge is 0.448 e. The fourth-order valence-corrected chi connectivity index (χ4v) is 1.01. The predicted octanol–water partition coefficient (Wildman–Crippen LogP) is 1.43. The summed E-state index contributed by atoms with van der Waals surface area (Å²) in [6.45, 7) is 1.70. The van der Waals surface area contributed by atoms with Crippen LogP contribution in [0.4, 0.5) is 4.79 Å². The van der Waals surface area contributed by atoms with Gasteiger partial charge in [-0.05, 0) is 35.0 Å². The molecule has 0 bridgehead atoms. The normalized spacial score (nSPS) is 11.4. The third kappa shape index (κ3) is 2.90. The lowest BCUT2D eigenvalue weighted by atomic mass is 10.3. The number of hydrogen-bond donors (Lipinski definition) is 2. The summed E-state index contributed by atoms with van der Waals surface area (Å²) >= 11 is 3.15. The number of amides is 2. The number of carbonyl (C=O) groups is 1. The van der Waals surface area contributed by atoms with Gasteiger partial charge in [-0.15, -0.1) is 0 Å². The quantitative estimate of drug-likeness (QED) is 0.611. The minimum absolute atomic E-state index is 0.546. The van der Waals surface area contributed by atoms with Crippen molar-refractivity contribution in [3.8, 4) is 0 Å². The number of nitrogens with zero attached hydrogens (tertiary/aromatic N) is 1. The van der Waals surface area contributed by atoms with Crippen molar-refractivity contribution in [1.82, 2.24) is 5.43 Å². The standard InChI is InChI=1S/C7H8BrN3O2/c1-4(10-11-7(9)12)5-2-3-6(8)13-5/h2-3H,1H3,(H3,9,11,12)/b10-4-. The molecule has 3 N–H and O–H groups in total. The molecule has 70 valence electrons. The molecule has 0 aliphatic carbocycles. The van der Waals surface area contributed by atoms with E-state index >= 15 is 0 Å². The van der Waals surface area contributed by atoms with Crippen LogP contribution in [0, 0.1) is 0 Å². The number of urea groups is 1. The summed E-state index contributed by atoms with van der Waals surface area (Å²) in [6.07, 6.45) is 0. The Labute approximate surface area is 83.1 Å². The molecular formula is C7H8BrN3O2. The van der Waals surface area contributed by atoms with Gasteiger partial charge in [0.05, 0.1) is 0 Å². The molecule has 0 saturated carbocycles. The van der Waals surface area contributed by atoms with E-state index in [9.17, 15) is 4.79 Å². The van der Waals surface area contributed by atoms with Crippen molar-refractivity contribution in [2.45, 2.75) is 6.92 Å². The van der Waals surface area contributed by atoms with Gasteiger partial charge in [-0.25, -0.2) is 10.2 Å². The zero-order valence-electron chi connectivity index (χ0n) is 6.87. The van der Waals surface area contributed by atoms with Gasteiger partial charge in [0.2, 0.25) is 0 Å². The van der Waals surface area contributed by atoms with Gasteiger partial charge in [-0.2, -0.15) is 5.10 Å². The Hall–Kier alpha value is -1.30. The lowest BCUT2D eigenvalue weighted by Crippen LogP contribution is -2.25. The van der Waals surface area contributed by atoms with Crippen LogP contribution in [0.1, 0.15) is 12.7 Å². The van der Waals surface area contributed by atoms with E-state index in [0.717, 1.165) is 0 Å². The van der Waals surface area contributed by atoms with Crippen LogP contribution in [-0.4, -0.2) is 11.7 Å². The first-order chi connectivity index (χ1) is 6.09. The number of nitrogens with two attached hydrogens (primary N) is 1. The van der Waals surface area contributed by atoms with Gasteiger partial charge in [-0.3, -0.25) is 0 Å². The first kappa shape index (κ1) is 9.79. The fraction of sp³-hybridized carbons (Fsp3) is 0.143. The molecule has 0 saturated heterocycles. The van der Waals surface area contributed by atoms with Crippen LogP contribution >= 0.6 is 15.9 Å². The van der Waals surface area contributed by atoms with Gasteiger partial charge in [0.25, 0.3) is 0 Å².